The zero-order valence-corrected chi connectivity index (χ0v) is 9.87. The fourth-order valence-corrected chi connectivity index (χ4v) is 2.56. The van der Waals surface area contributed by atoms with Gasteiger partial charge in [-0.05, 0) is 12.1 Å². The van der Waals surface area contributed by atoms with Gasteiger partial charge >= 0.3 is 0 Å². The molecule has 5 heteroatoms. The van der Waals surface area contributed by atoms with Gasteiger partial charge in [-0.3, -0.25) is 4.40 Å². The molecule has 0 radical (unpaired) electrons. The Balaban J connectivity index is 1.97. The van der Waals surface area contributed by atoms with Gasteiger partial charge in [0, 0.05) is 25.5 Å². The number of fused-ring (bicyclic) bond motifs is 2. The van der Waals surface area contributed by atoms with Gasteiger partial charge < -0.3 is 9.88 Å². The van der Waals surface area contributed by atoms with Crippen LogP contribution in [-0.2, 0) is 13.1 Å². The molecule has 0 saturated carbocycles. The van der Waals surface area contributed by atoms with E-state index in [1.54, 1.807) is 0 Å². The molecular weight excluding hydrogens is 226 g/mol. The lowest BCUT2D eigenvalue weighted by atomic mass is 10.2. The summed E-state index contributed by atoms with van der Waals surface area (Å²) in [5.41, 5.74) is 3.28. The van der Waals surface area contributed by atoms with Crippen LogP contribution >= 0.6 is 0 Å². The Bertz CT molecular complexity index is 709. The molecule has 0 unspecified atom stereocenters. The van der Waals surface area contributed by atoms with Crippen LogP contribution in [0.4, 0.5) is 0 Å². The van der Waals surface area contributed by atoms with Crippen LogP contribution in [-0.4, -0.2) is 25.5 Å². The Labute approximate surface area is 104 Å². The highest BCUT2D eigenvalue weighted by molar-refractivity contribution is 5.60. The Morgan fingerprint density at radius 1 is 1.17 bits per heavy atom. The first kappa shape index (κ1) is 9.85. The summed E-state index contributed by atoms with van der Waals surface area (Å²) in [4.78, 5) is 8.81. The third-order valence-electron chi connectivity index (χ3n) is 3.42. The molecule has 0 aliphatic carbocycles. The van der Waals surface area contributed by atoms with Crippen molar-refractivity contribution in [3.8, 4) is 11.4 Å². The molecule has 0 fully saturated rings. The minimum atomic E-state index is 0.847. The van der Waals surface area contributed by atoms with Gasteiger partial charge in [-0.15, -0.1) is 0 Å². The molecule has 5 nitrogen and oxygen atoms in total. The average Bonchev–Trinajstić information content (AvgIpc) is 3.05. The van der Waals surface area contributed by atoms with Gasteiger partial charge in [0.15, 0.2) is 0 Å². The predicted octanol–water partition coefficient (Wildman–Crippen LogP) is 1.30. The number of aromatic nitrogens is 4. The molecule has 4 rings (SSSR count). The van der Waals surface area contributed by atoms with Crippen LogP contribution in [0.15, 0.2) is 36.8 Å². The number of hydrogen-bond acceptors (Lipinski definition) is 3. The van der Waals surface area contributed by atoms with E-state index in [1.165, 1.54) is 0 Å². The van der Waals surface area contributed by atoms with E-state index in [1.807, 2.05) is 30.7 Å². The molecule has 3 aromatic heterocycles. The molecule has 0 atom stereocenters. The van der Waals surface area contributed by atoms with Crippen molar-refractivity contribution in [3.63, 3.8) is 0 Å². The lowest BCUT2D eigenvalue weighted by molar-refractivity contribution is 0.508. The van der Waals surface area contributed by atoms with Gasteiger partial charge in [0.2, 0.25) is 0 Å². The third kappa shape index (κ3) is 1.31. The first-order valence-electron chi connectivity index (χ1n) is 6.11. The molecule has 18 heavy (non-hydrogen) atoms. The van der Waals surface area contributed by atoms with Crippen LogP contribution in [0.5, 0.6) is 0 Å². The van der Waals surface area contributed by atoms with Gasteiger partial charge in [-0.1, -0.05) is 6.07 Å². The molecule has 1 aliphatic rings. The van der Waals surface area contributed by atoms with Crippen molar-refractivity contribution in [2.45, 2.75) is 13.1 Å². The van der Waals surface area contributed by atoms with Gasteiger partial charge in [0.25, 0.3) is 0 Å². The van der Waals surface area contributed by atoms with Crippen LogP contribution in [0.3, 0.4) is 0 Å². The predicted molar refractivity (Wildman–Crippen MR) is 68.1 cm³/mol. The van der Waals surface area contributed by atoms with E-state index in [9.17, 15) is 0 Å². The monoisotopic (exact) mass is 239 g/mol. The summed E-state index contributed by atoms with van der Waals surface area (Å²) in [5, 5.41) is 3.34. The molecule has 0 amide bonds. The maximum atomic E-state index is 4.49. The van der Waals surface area contributed by atoms with Gasteiger partial charge in [0.05, 0.1) is 24.1 Å². The summed E-state index contributed by atoms with van der Waals surface area (Å²) < 4.78 is 4.39. The summed E-state index contributed by atoms with van der Waals surface area (Å²) in [5.74, 6) is 1.10. The smallest absolute Gasteiger partial charge is 0.137 e. The number of nitrogens with one attached hydrogen (secondary N) is 1. The number of imidazole rings is 2. The van der Waals surface area contributed by atoms with E-state index in [-0.39, 0.29) is 0 Å². The van der Waals surface area contributed by atoms with Crippen molar-refractivity contribution in [1.82, 2.24) is 24.3 Å². The first-order chi connectivity index (χ1) is 8.93. The van der Waals surface area contributed by atoms with E-state index in [0.717, 1.165) is 42.5 Å². The van der Waals surface area contributed by atoms with E-state index in [4.69, 9.17) is 0 Å². The number of rotatable bonds is 1. The standard InChI is InChI=1S/C13H13N5/c1-2-10(17-7-5-15-12(17)3-1)11-8-16-13-9-14-4-6-18(11)13/h1-3,5,7-8,14H,4,6,9H2. The molecule has 4 heterocycles. The Morgan fingerprint density at radius 2 is 2.17 bits per heavy atom. The second-order valence-electron chi connectivity index (χ2n) is 4.45. The lowest BCUT2D eigenvalue weighted by Crippen LogP contribution is -2.28. The maximum Gasteiger partial charge on any atom is 0.137 e. The van der Waals surface area contributed by atoms with Crippen LogP contribution in [0.25, 0.3) is 17.0 Å². The first-order valence-corrected chi connectivity index (χ1v) is 6.11. The van der Waals surface area contributed by atoms with Crippen LogP contribution < -0.4 is 5.32 Å². The zero-order valence-electron chi connectivity index (χ0n) is 9.87. The summed E-state index contributed by atoms with van der Waals surface area (Å²) in [7, 11) is 0. The van der Waals surface area contributed by atoms with Gasteiger partial charge in [0.1, 0.15) is 11.5 Å². The summed E-state index contributed by atoms with van der Waals surface area (Å²) in [6, 6.07) is 6.16. The van der Waals surface area contributed by atoms with E-state index in [2.05, 4.69) is 30.3 Å². The van der Waals surface area contributed by atoms with Gasteiger partial charge in [-0.25, -0.2) is 9.97 Å². The quantitative estimate of drug-likeness (QED) is 0.696. The molecule has 90 valence electrons. The van der Waals surface area contributed by atoms with Crippen LogP contribution in [0.1, 0.15) is 5.82 Å². The van der Waals surface area contributed by atoms with Crippen molar-refractivity contribution in [2.24, 2.45) is 0 Å². The highest BCUT2D eigenvalue weighted by Crippen LogP contribution is 2.22. The number of pyridine rings is 1. The van der Waals surface area contributed by atoms with Gasteiger partial charge in [-0.2, -0.15) is 0 Å². The SMILES string of the molecule is c1cc(-c2cnc3n2CCNC3)n2ccnc2c1. The molecule has 0 bridgehead atoms. The molecule has 3 aromatic rings. The lowest BCUT2D eigenvalue weighted by Gasteiger charge is -2.18. The number of nitrogens with zero attached hydrogens (tertiary/aromatic N) is 4. The Kier molecular flexibility index (Phi) is 2.01. The summed E-state index contributed by atoms with van der Waals surface area (Å²) in [6.45, 7) is 2.81. The average molecular weight is 239 g/mol. The molecule has 1 aliphatic heterocycles. The highest BCUT2D eigenvalue weighted by atomic mass is 15.2. The zero-order chi connectivity index (χ0) is 11.9. The molecule has 0 spiro atoms. The normalized spacial score (nSPS) is 14.9. The number of hydrogen-bond donors (Lipinski definition) is 1. The molecule has 0 aromatic carbocycles. The van der Waals surface area contributed by atoms with Crippen molar-refractivity contribution in [1.29, 1.82) is 0 Å². The fraction of sp³-hybridized carbons (Fsp3) is 0.231. The van der Waals surface area contributed by atoms with E-state index in [0.29, 0.717) is 0 Å². The Hall–Kier alpha value is -2.14. The largest absolute Gasteiger partial charge is 0.324 e. The second kappa shape index (κ2) is 3.68. The summed E-state index contributed by atoms with van der Waals surface area (Å²) >= 11 is 0. The molecular formula is C13H13N5. The van der Waals surface area contributed by atoms with Crippen LogP contribution in [0, 0.1) is 0 Å². The molecule has 1 N–H and O–H groups in total. The topological polar surface area (TPSA) is 47.2 Å². The Morgan fingerprint density at radius 3 is 3.17 bits per heavy atom. The molecule has 0 saturated heterocycles. The van der Waals surface area contributed by atoms with Crippen molar-refractivity contribution in [2.75, 3.05) is 6.54 Å². The maximum absolute atomic E-state index is 4.49. The third-order valence-corrected chi connectivity index (χ3v) is 3.42. The minimum absolute atomic E-state index is 0.847. The van der Waals surface area contributed by atoms with E-state index < -0.39 is 0 Å². The van der Waals surface area contributed by atoms with E-state index >= 15 is 0 Å². The van der Waals surface area contributed by atoms with Crippen molar-refractivity contribution in [3.05, 3.63) is 42.6 Å². The van der Waals surface area contributed by atoms with Crippen molar-refractivity contribution < 1.29 is 0 Å². The van der Waals surface area contributed by atoms with Crippen LogP contribution in [0.2, 0.25) is 0 Å². The summed E-state index contributed by atoms with van der Waals surface area (Å²) in [6.07, 6.45) is 5.77. The van der Waals surface area contributed by atoms with Crippen molar-refractivity contribution >= 4 is 5.65 Å². The minimum Gasteiger partial charge on any atom is -0.324 e. The fourth-order valence-electron chi connectivity index (χ4n) is 2.56. The second-order valence-corrected chi connectivity index (χ2v) is 4.45. The highest BCUT2D eigenvalue weighted by Gasteiger charge is 2.16.